The first kappa shape index (κ1) is 14.1. The molecule has 0 amide bonds. The van der Waals surface area contributed by atoms with E-state index in [1.807, 2.05) is 41.6 Å². The lowest BCUT2D eigenvalue weighted by atomic mass is 9.86. The van der Waals surface area contributed by atoms with Gasteiger partial charge in [-0.2, -0.15) is 0 Å². The van der Waals surface area contributed by atoms with Gasteiger partial charge in [-0.15, -0.1) is 0 Å². The van der Waals surface area contributed by atoms with Crippen LogP contribution in [0.2, 0.25) is 0 Å². The van der Waals surface area contributed by atoms with Crippen LogP contribution < -0.4 is 5.46 Å². The molecule has 0 bridgehead atoms. The van der Waals surface area contributed by atoms with Crippen molar-refractivity contribution in [3.63, 3.8) is 0 Å². The van der Waals surface area contributed by atoms with Crippen molar-refractivity contribution in [2.75, 3.05) is 0 Å². The fourth-order valence-corrected chi connectivity index (χ4v) is 2.09. The van der Waals surface area contributed by atoms with Gasteiger partial charge in [0, 0.05) is 23.7 Å². The molecule has 2 rings (SSSR count). The topological polar surface area (TPSA) is 20.3 Å². The van der Waals surface area contributed by atoms with Crippen LogP contribution in [0.4, 0.5) is 0 Å². The number of carbonyl (C=O) groups excluding carboxylic acids is 1. The van der Waals surface area contributed by atoms with Crippen LogP contribution in [0.25, 0.3) is 5.57 Å². The lowest BCUT2D eigenvalue weighted by Crippen LogP contribution is -2.14. The van der Waals surface area contributed by atoms with Gasteiger partial charge >= 0.3 is 0 Å². The molecule has 0 N–H and O–H groups in total. The molecule has 1 aromatic carbocycles. The van der Waals surface area contributed by atoms with Gasteiger partial charge in [-0.1, -0.05) is 43.2 Å². The highest BCUT2D eigenvalue weighted by molar-refractivity contribution is 6.34. The number of hydrogen-bond acceptors (Lipinski definition) is 2. The van der Waals surface area contributed by atoms with Gasteiger partial charge in [-0.3, -0.25) is 4.79 Å². The van der Waals surface area contributed by atoms with E-state index in [0.29, 0.717) is 5.57 Å². The highest BCUT2D eigenvalue weighted by Gasteiger charge is 2.09. The third kappa shape index (κ3) is 2.99. The van der Waals surface area contributed by atoms with Gasteiger partial charge in [0.05, 0.1) is 0 Å². The lowest BCUT2D eigenvalue weighted by Gasteiger charge is -2.22. The van der Waals surface area contributed by atoms with Crippen LogP contribution in [0.15, 0.2) is 66.7 Å². The number of aldehydes is 1. The Balaban J connectivity index is 2.32. The second kappa shape index (κ2) is 6.24. The Morgan fingerprint density at radius 2 is 2.15 bits per heavy atom. The molecule has 0 aliphatic carbocycles. The molecular formula is C17H16BNO. The van der Waals surface area contributed by atoms with Crippen LogP contribution in [-0.2, 0) is 4.79 Å². The SMILES string of the molecule is [B]c1ccccc1/C(=C/N1C=CC(C=O)=CC1=C)CC. The summed E-state index contributed by atoms with van der Waals surface area (Å²) < 4.78 is 0. The number of rotatable bonds is 4. The second-order valence-corrected chi connectivity index (χ2v) is 4.57. The molecule has 0 spiro atoms. The number of allylic oxidation sites excluding steroid dienone is 4. The molecule has 2 radical (unpaired) electrons. The van der Waals surface area contributed by atoms with Gasteiger partial charge in [0.15, 0.2) is 0 Å². The van der Waals surface area contributed by atoms with Crippen LogP contribution in [-0.4, -0.2) is 19.0 Å². The van der Waals surface area contributed by atoms with Gasteiger partial charge in [0.25, 0.3) is 0 Å². The Bertz CT molecular complexity index is 626. The molecular weight excluding hydrogens is 245 g/mol. The summed E-state index contributed by atoms with van der Waals surface area (Å²) >= 11 is 0. The highest BCUT2D eigenvalue weighted by atomic mass is 16.1. The summed E-state index contributed by atoms with van der Waals surface area (Å²) in [6.45, 7) is 6.05. The number of carbonyl (C=O) groups is 1. The van der Waals surface area contributed by atoms with Gasteiger partial charge < -0.3 is 4.90 Å². The van der Waals surface area contributed by atoms with Gasteiger partial charge in [-0.25, -0.2) is 0 Å². The quantitative estimate of drug-likeness (QED) is 0.613. The molecule has 2 nitrogen and oxygen atoms in total. The van der Waals surface area contributed by atoms with Gasteiger partial charge in [0.1, 0.15) is 14.1 Å². The maximum Gasteiger partial charge on any atom is 0.150 e. The summed E-state index contributed by atoms with van der Waals surface area (Å²) in [6, 6.07) is 7.79. The zero-order valence-corrected chi connectivity index (χ0v) is 11.5. The molecule has 1 aliphatic heterocycles. The van der Waals surface area contributed by atoms with Crippen molar-refractivity contribution < 1.29 is 4.79 Å². The van der Waals surface area contributed by atoms with Crippen LogP contribution in [0.3, 0.4) is 0 Å². The summed E-state index contributed by atoms with van der Waals surface area (Å²) in [5.74, 6) is 0. The zero-order valence-electron chi connectivity index (χ0n) is 11.5. The van der Waals surface area contributed by atoms with E-state index in [2.05, 4.69) is 13.5 Å². The van der Waals surface area contributed by atoms with Crippen molar-refractivity contribution in [1.29, 1.82) is 0 Å². The van der Waals surface area contributed by atoms with Crippen LogP contribution in [0.5, 0.6) is 0 Å². The molecule has 0 unspecified atom stereocenters. The minimum absolute atomic E-state index is 0.622. The fourth-order valence-electron chi connectivity index (χ4n) is 2.09. The van der Waals surface area contributed by atoms with Crippen molar-refractivity contribution in [3.05, 3.63) is 72.2 Å². The molecule has 0 fully saturated rings. The van der Waals surface area contributed by atoms with E-state index in [4.69, 9.17) is 7.85 Å². The predicted octanol–water partition coefficient (Wildman–Crippen LogP) is 2.70. The Morgan fingerprint density at radius 1 is 1.40 bits per heavy atom. The Kier molecular flexibility index (Phi) is 4.41. The maximum absolute atomic E-state index is 10.7. The number of hydrogen-bond donors (Lipinski definition) is 0. The molecule has 3 heteroatoms. The summed E-state index contributed by atoms with van der Waals surface area (Å²) in [5.41, 5.74) is 4.29. The van der Waals surface area contributed by atoms with Crippen LogP contribution in [0, 0.1) is 0 Å². The van der Waals surface area contributed by atoms with E-state index in [0.717, 1.165) is 35.0 Å². The molecule has 1 aliphatic rings. The maximum atomic E-state index is 10.7. The molecule has 0 atom stereocenters. The highest BCUT2D eigenvalue weighted by Crippen LogP contribution is 2.21. The molecule has 1 aromatic rings. The predicted molar refractivity (Wildman–Crippen MR) is 84.4 cm³/mol. The minimum Gasteiger partial charge on any atom is -0.324 e. The van der Waals surface area contributed by atoms with Gasteiger partial charge in [0.2, 0.25) is 0 Å². The van der Waals surface area contributed by atoms with E-state index in [9.17, 15) is 4.79 Å². The monoisotopic (exact) mass is 261 g/mol. The third-order valence-corrected chi connectivity index (χ3v) is 3.21. The first-order valence-corrected chi connectivity index (χ1v) is 6.53. The van der Waals surface area contributed by atoms with E-state index < -0.39 is 0 Å². The lowest BCUT2D eigenvalue weighted by molar-refractivity contribution is -0.104. The largest absolute Gasteiger partial charge is 0.324 e. The molecule has 1 heterocycles. The normalized spacial score (nSPS) is 15.2. The molecule has 98 valence electrons. The van der Waals surface area contributed by atoms with Crippen molar-refractivity contribution in [2.24, 2.45) is 0 Å². The standard InChI is InChI=1S/C17H16BNO/c1-3-15(16-6-4-5-7-17(16)18)11-19-9-8-14(12-20)10-13(19)2/h4-12H,2-3H2,1H3/b15-11+. The van der Waals surface area contributed by atoms with Crippen molar-refractivity contribution >= 4 is 25.2 Å². The minimum atomic E-state index is 0.622. The molecule has 0 saturated carbocycles. The smallest absolute Gasteiger partial charge is 0.150 e. The van der Waals surface area contributed by atoms with Gasteiger partial charge in [-0.05, 0) is 29.7 Å². The van der Waals surface area contributed by atoms with Crippen LogP contribution in [0.1, 0.15) is 18.9 Å². The van der Waals surface area contributed by atoms with Crippen molar-refractivity contribution in [3.8, 4) is 0 Å². The van der Waals surface area contributed by atoms with E-state index in [1.54, 1.807) is 12.2 Å². The summed E-state index contributed by atoms with van der Waals surface area (Å²) in [5, 5.41) is 0. The fraction of sp³-hybridized carbons (Fsp3) is 0.118. The van der Waals surface area contributed by atoms with Crippen molar-refractivity contribution in [1.82, 2.24) is 4.90 Å². The van der Waals surface area contributed by atoms with E-state index >= 15 is 0 Å². The average Bonchev–Trinajstić information content (AvgIpc) is 2.47. The number of nitrogens with zero attached hydrogens (tertiary/aromatic N) is 1. The van der Waals surface area contributed by atoms with E-state index in [-0.39, 0.29) is 0 Å². The number of benzene rings is 1. The summed E-state index contributed by atoms with van der Waals surface area (Å²) in [7, 11) is 6.02. The summed E-state index contributed by atoms with van der Waals surface area (Å²) in [6.07, 6.45) is 9.03. The van der Waals surface area contributed by atoms with Crippen LogP contribution >= 0.6 is 0 Å². The first-order chi connectivity index (χ1) is 9.65. The van der Waals surface area contributed by atoms with E-state index in [1.165, 1.54) is 0 Å². The summed E-state index contributed by atoms with van der Waals surface area (Å²) in [4.78, 5) is 12.6. The average molecular weight is 261 g/mol. The zero-order chi connectivity index (χ0) is 14.5. The first-order valence-electron chi connectivity index (χ1n) is 6.53. The Morgan fingerprint density at radius 3 is 2.75 bits per heavy atom. The Hall–Kier alpha value is -2.29. The Labute approximate surface area is 121 Å². The van der Waals surface area contributed by atoms with Crippen molar-refractivity contribution in [2.45, 2.75) is 13.3 Å². The second-order valence-electron chi connectivity index (χ2n) is 4.57. The molecule has 20 heavy (non-hydrogen) atoms. The molecule has 0 saturated heterocycles. The third-order valence-electron chi connectivity index (χ3n) is 3.21. The molecule has 0 aromatic heterocycles.